The predicted octanol–water partition coefficient (Wildman–Crippen LogP) is 1.14. The van der Waals surface area contributed by atoms with Crippen molar-refractivity contribution in [2.75, 3.05) is 25.1 Å². The van der Waals surface area contributed by atoms with Gasteiger partial charge >= 0.3 is 6.09 Å². The molecule has 2 unspecified atom stereocenters. The maximum absolute atomic E-state index is 12.4. The highest BCUT2D eigenvalue weighted by Gasteiger charge is 2.50. The number of carbonyl (C=O) groups is 2. The molecule has 2 amide bonds. The SMILES string of the molecule is CS(=O)(=O)CC(=O)N1CCC(N2C(=O)OC3Cc4ccccc4C32)CC1. The first kappa shape index (κ1) is 17.3. The van der Waals surface area contributed by atoms with Gasteiger partial charge in [-0.15, -0.1) is 0 Å². The third-order valence-electron chi connectivity index (χ3n) is 5.51. The van der Waals surface area contributed by atoms with Gasteiger partial charge in [0, 0.05) is 31.8 Å². The highest BCUT2D eigenvalue weighted by Crippen LogP contribution is 2.44. The Kier molecular flexibility index (Phi) is 4.17. The zero-order valence-corrected chi connectivity index (χ0v) is 15.4. The van der Waals surface area contributed by atoms with E-state index in [1.165, 1.54) is 5.56 Å². The van der Waals surface area contributed by atoms with Crippen LogP contribution in [0.3, 0.4) is 0 Å². The molecule has 2 aliphatic heterocycles. The lowest BCUT2D eigenvalue weighted by Crippen LogP contribution is -2.48. The monoisotopic (exact) mass is 378 g/mol. The number of sulfone groups is 1. The van der Waals surface area contributed by atoms with E-state index in [4.69, 9.17) is 4.74 Å². The predicted molar refractivity (Wildman–Crippen MR) is 94.3 cm³/mol. The van der Waals surface area contributed by atoms with E-state index in [1.807, 2.05) is 17.0 Å². The molecule has 0 bridgehead atoms. The number of ether oxygens (including phenoxy) is 1. The van der Waals surface area contributed by atoms with Crippen LogP contribution in [0.15, 0.2) is 24.3 Å². The normalized spacial score (nSPS) is 25.8. The van der Waals surface area contributed by atoms with Crippen LogP contribution in [0.1, 0.15) is 30.0 Å². The molecular formula is C18H22N2O5S. The van der Waals surface area contributed by atoms with Gasteiger partial charge in [0.2, 0.25) is 5.91 Å². The van der Waals surface area contributed by atoms with Gasteiger partial charge in [-0.05, 0) is 24.0 Å². The molecule has 3 aliphatic rings. The Hall–Kier alpha value is -2.09. The van der Waals surface area contributed by atoms with E-state index in [-0.39, 0.29) is 30.2 Å². The number of hydrogen-bond acceptors (Lipinski definition) is 5. The van der Waals surface area contributed by atoms with Crippen molar-refractivity contribution in [3.05, 3.63) is 35.4 Å². The summed E-state index contributed by atoms with van der Waals surface area (Å²) in [4.78, 5) is 28.0. The Balaban J connectivity index is 1.46. The van der Waals surface area contributed by atoms with Crippen LogP contribution in [0.4, 0.5) is 4.79 Å². The first-order valence-corrected chi connectivity index (χ1v) is 10.9. The zero-order chi connectivity index (χ0) is 18.5. The Bertz CT molecular complexity index is 845. The zero-order valence-electron chi connectivity index (χ0n) is 14.6. The van der Waals surface area contributed by atoms with Gasteiger partial charge in [-0.1, -0.05) is 24.3 Å². The summed E-state index contributed by atoms with van der Waals surface area (Å²) in [6.45, 7) is 0.920. The number of benzene rings is 1. The standard InChI is InChI=1S/C18H22N2O5S/c1-26(23,24)11-16(21)19-8-6-13(7-9-19)20-17-14-5-3-2-4-12(14)10-15(17)25-18(20)22/h2-5,13,15,17H,6-11H2,1H3. The number of amides is 2. The topological polar surface area (TPSA) is 84.0 Å². The number of nitrogens with zero attached hydrogens (tertiary/aromatic N) is 2. The second-order valence-electron chi connectivity index (χ2n) is 7.36. The third kappa shape index (κ3) is 3.06. The number of piperidine rings is 1. The molecule has 0 N–H and O–H groups in total. The Morgan fingerprint density at radius 3 is 2.62 bits per heavy atom. The van der Waals surface area contributed by atoms with Crippen LogP contribution in [0.5, 0.6) is 0 Å². The van der Waals surface area contributed by atoms with Gasteiger partial charge in [-0.3, -0.25) is 9.69 Å². The fraction of sp³-hybridized carbons (Fsp3) is 0.556. The summed E-state index contributed by atoms with van der Waals surface area (Å²) in [5.41, 5.74) is 2.37. The number of rotatable bonds is 3. The van der Waals surface area contributed by atoms with Crippen LogP contribution < -0.4 is 0 Å². The van der Waals surface area contributed by atoms with E-state index in [9.17, 15) is 18.0 Å². The second kappa shape index (κ2) is 6.26. The van der Waals surface area contributed by atoms with Gasteiger partial charge in [0.25, 0.3) is 0 Å². The van der Waals surface area contributed by atoms with Gasteiger partial charge in [0.1, 0.15) is 11.9 Å². The molecule has 1 aromatic carbocycles. The smallest absolute Gasteiger partial charge is 0.411 e. The van der Waals surface area contributed by atoms with Crippen molar-refractivity contribution < 1.29 is 22.7 Å². The average Bonchev–Trinajstić information content (AvgIpc) is 3.07. The summed E-state index contributed by atoms with van der Waals surface area (Å²) in [7, 11) is -3.33. The Morgan fingerprint density at radius 2 is 1.92 bits per heavy atom. The molecule has 1 aliphatic carbocycles. The van der Waals surface area contributed by atoms with Crippen LogP contribution in [0, 0.1) is 0 Å². The molecule has 7 nitrogen and oxygen atoms in total. The number of carbonyl (C=O) groups excluding carboxylic acids is 2. The first-order chi connectivity index (χ1) is 12.3. The Labute approximate surface area is 152 Å². The van der Waals surface area contributed by atoms with Crippen LogP contribution >= 0.6 is 0 Å². The molecule has 4 rings (SSSR count). The van der Waals surface area contributed by atoms with E-state index in [1.54, 1.807) is 4.90 Å². The summed E-state index contributed by atoms with van der Waals surface area (Å²) >= 11 is 0. The summed E-state index contributed by atoms with van der Waals surface area (Å²) in [6.07, 6.45) is 2.66. The van der Waals surface area contributed by atoms with E-state index < -0.39 is 15.6 Å². The lowest BCUT2D eigenvalue weighted by Gasteiger charge is -2.37. The maximum atomic E-state index is 12.4. The van der Waals surface area contributed by atoms with Crippen molar-refractivity contribution in [3.63, 3.8) is 0 Å². The molecule has 0 radical (unpaired) electrons. The quantitative estimate of drug-likeness (QED) is 0.788. The molecular weight excluding hydrogens is 356 g/mol. The van der Waals surface area contributed by atoms with Gasteiger partial charge in [-0.25, -0.2) is 13.2 Å². The van der Waals surface area contributed by atoms with Gasteiger partial charge in [0.05, 0.1) is 6.04 Å². The van der Waals surface area contributed by atoms with Crippen LogP contribution in [0.25, 0.3) is 0 Å². The van der Waals surface area contributed by atoms with E-state index >= 15 is 0 Å². The van der Waals surface area contributed by atoms with Crippen LogP contribution in [-0.4, -0.2) is 67.5 Å². The summed E-state index contributed by atoms with van der Waals surface area (Å²) in [5.74, 6) is -0.819. The molecule has 0 spiro atoms. The molecule has 2 fully saturated rings. The van der Waals surface area contributed by atoms with Crippen molar-refractivity contribution in [1.82, 2.24) is 9.80 Å². The van der Waals surface area contributed by atoms with Crippen LogP contribution in [0.2, 0.25) is 0 Å². The number of hydrogen-bond donors (Lipinski definition) is 0. The molecule has 2 atom stereocenters. The minimum atomic E-state index is -3.33. The van der Waals surface area contributed by atoms with Crippen molar-refractivity contribution in [1.29, 1.82) is 0 Å². The van der Waals surface area contributed by atoms with Gasteiger partial charge in [-0.2, -0.15) is 0 Å². The minimum absolute atomic E-state index is 0.00550. The molecule has 8 heteroatoms. The summed E-state index contributed by atoms with van der Waals surface area (Å²) in [6, 6.07) is 8.06. The van der Waals surface area contributed by atoms with Gasteiger partial charge in [0.15, 0.2) is 9.84 Å². The Morgan fingerprint density at radius 1 is 1.23 bits per heavy atom. The van der Waals surface area contributed by atoms with E-state index in [2.05, 4.69) is 12.1 Å². The summed E-state index contributed by atoms with van der Waals surface area (Å²) < 4.78 is 28.3. The van der Waals surface area contributed by atoms with E-state index in [0.29, 0.717) is 25.9 Å². The van der Waals surface area contributed by atoms with E-state index in [0.717, 1.165) is 18.2 Å². The van der Waals surface area contributed by atoms with Crippen LogP contribution in [-0.2, 0) is 25.8 Å². The molecule has 26 heavy (non-hydrogen) atoms. The fourth-order valence-electron chi connectivity index (χ4n) is 4.36. The molecule has 0 saturated carbocycles. The third-order valence-corrected chi connectivity index (χ3v) is 6.28. The van der Waals surface area contributed by atoms with Gasteiger partial charge < -0.3 is 9.64 Å². The van der Waals surface area contributed by atoms with Crippen molar-refractivity contribution >= 4 is 21.8 Å². The number of likely N-dealkylation sites (tertiary alicyclic amines) is 1. The first-order valence-electron chi connectivity index (χ1n) is 8.86. The fourth-order valence-corrected chi connectivity index (χ4v) is 4.99. The highest BCUT2D eigenvalue weighted by atomic mass is 32.2. The summed E-state index contributed by atoms with van der Waals surface area (Å²) in [5, 5.41) is 0. The lowest BCUT2D eigenvalue weighted by molar-refractivity contribution is -0.129. The molecule has 2 saturated heterocycles. The molecule has 140 valence electrons. The molecule has 2 heterocycles. The largest absolute Gasteiger partial charge is 0.443 e. The average molecular weight is 378 g/mol. The van der Waals surface area contributed by atoms with Crippen molar-refractivity contribution in [2.45, 2.75) is 37.5 Å². The number of fused-ring (bicyclic) bond motifs is 3. The minimum Gasteiger partial charge on any atom is -0.443 e. The molecule has 0 aromatic heterocycles. The lowest BCUT2D eigenvalue weighted by atomic mass is 9.99. The molecule has 1 aromatic rings. The van der Waals surface area contributed by atoms with Crippen molar-refractivity contribution in [2.24, 2.45) is 0 Å². The second-order valence-corrected chi connectivity index (χ2v) is 9.50. The van der Waals surface area contributed by atoms with Crippen molar-refractivity contribution in [3.8, 4) is 0 Å². The maximum Gasteiger partial charge on any atom is 0.411 e. The highest BCUT2D eigenvalue weighted by molar-refractivity contribution is 7.91.